The van der Waals surface area contributed by atoms with Crippen LogP contribution in [0, 0.1) is 0 Å². The van der Waals surface area contributed by atoms with Crippen LogP contribution in [-0.4, -0.2) is 38.8 Å². The van der Waals surface area contributed by atoms with Crippen LogP contribution in [0.25, 0.3) is 0 Å². The van der Waals surface area contributed by atoms with Crippen LogP contribution in [0.2, 0.25) is 0 Å². The maximum Gasteiger partial charge on any atom is 0.0693 e. The molecule has 78 valence electrons. The van der Waals surface area contributed by atoms with E-state index in [0.717, 1.165) is 32.4 Å². The second-order valence-electron chi connectivity index (χ2n) is 3.72. The molecule has 2 atom stereocenters. The van der Waals surface area contributed by atoms with Gasteiger partial charge in [-0.05, 0) is 19.3 Å². The number of nitrogens with zero attached hydrogens (tertiary/aromatic N) is 3. The number of aliphatic hydroxyl groups excluding tert-OH is 1. The number of hydrogen-bond donors (Lipinski definition) is 2. The van der Waals surface area contributed by atoms with Gasteiger partial charge < -0.3 is 10.4 Å². The molecule has 2 N–H and O–H groups in total. The molecule has 5 nitrogen and oxygen atoms in total. The molecule has 5 heteroatoms. The predicted molar refractivity (Wildman–Crippen MR) is 51.7 cm³/mol. The first-order chi connectivity index (χ1) is 6.86. The molecule has 1 saturated carbocycles. The van der Waals surface area contributed by atoms with E-state index in [9.17, 15) is 5.11 Å². The van der Waals surface area contributed by atoms with Gasteiger partial charge in [-0.1, -0.05) is 5.21 Å². The summed E-state index contributed by atoms with van der Waals surface area (Å²) in [6, 6.07) is 0.276. The average Bonchev–Trinajstić information content (AvgIpc) is 2.78. The molecule has 0 unspecified atom stereocenters. The summed E-state index contributed by atoms with van der Waals surface area (Å²) in [4.78, 5) is 0. The van der Waals surface area contributed by atoms with Gasteiger partial charge in [0, 0.05) is 18.8 Å². The molecule has 0 radical (unpaired) electrons. The number of nitrogens with one attached hydrogen (secondary N) is 1. The molecule has 0 amide bonds. The highest BCUT2D eigenvalue weighted by molar-refractivity contribution is 4.82. The van der Waals surface area contributed by atoms with Crippen molar-refractivity contribution in [1.29, 1.82) is 0 Å². The molecule has 1 heterocycles. The predicted octanol–water partition coefficient (Wildman–Crippen LogP) is -0.219. The second-order valence-corrected chi connectivity index (χ2v) is 3.72. The van der Waals surface area contributed by atoms with Crippen LogP contribution in [0.5, 0.6) is 0 Å². The standard InChI is InChI=1S/C9H16N4O/c14-9-3-1-2-8(9)10-4-6-13-7-5-11-12-13/h5,7-10,14H,1-4,6H2/t8-,9-/m1/s1. The lowest BCUT2D eigenvalue weighted by Crippen LogP contribution is -2.37. The van der Waals surface area contributed by atoms with Crippen LogP contribution in [0.15, 0.2) is 12.4 Å². The Kier molecular flexibility index (Phi) is 3.10. The molecule has 1 aliphatic rings. The third-order valence-electron chi connectivity index (χ3n) is 2.70. The maximum absolute atomic E-state index is 9.55. The fourth-order valence-corrected chi connectivity index (χ4v) is 1.90. The van der Waals surface area contributed by atoms with Crippen molar-refractivity contribution in [2.45, 2.75) is 38.0 Å². The highest BCUT2D eigenvalue weighted by atomic mass is 16.3. The van der Waals surface area contributed by atoms with Crippen LogP contribution in [0.3, 0.4) is 0 Å². The lowest BCUT2D eigenvalue weighted by atomic mass is 10.2. The van der Waals surface area contributed by atoms with E-state index in [-0.39, 0.29) is 12.1 Å². The minimum atomic E-state index is -0.161. The smallest absolute Gasteiger partial charge is 0.0693 e. The molecule has 0 bridgehead atoms. The number of aliphatic hydroxyl groups is 1. The van der Waals surface area contributed by atoms with Gasteiger partial charge in [0.15, 0.2) is 0 Å². The van der Waals surface area contributed by atoms with E-state index in [1.165, 1.54) is 0 Å². The second kappa shape index (κ2) is 4.52. The van der Waals surface area contributed by atoms with E-state index >= 15 is 0 Å². The maximum atomic E-state index is 9.55. The summed E-state index contributed by atoms with van der Waals surface area (Å²) in [7, 11) is 0. The molecule has 0 aliphatic heterocycles. The molecular formula is C9H16N4O. The summed E-state index contributed by atoms with van der Waals surface area (Å²) in [5.74, 6) is 0. The quantitative estimate of drug-likeness (QED) is 0.699. The average molecular weight is 196 g/mol. The highest BCUT2D eigenvalue weighted by Crippen LogP contribution is 2.18. The number of aromatic nitrogens is 3. The summed E-state index contributed by atoms with van der Waals surface area (Å²) in [5, 5.41) is 20.5. The third kappa shape index (κ3) is 2.30. The van der Waals surface area contributed by atoms with Crippen molar-refractivity contribution in [1.82, 2.24) is 20.3 Å². The van der Waals surface area contributed by atoms with Gasteiger partial charge in [-0.2, -0.15) is 0 Å². The molecule has 1 aromatic heterocycles. The minimum absolute atomic E-state index is 0.161. The molecule has 14 heavy (non-hydrogen) atoms. The molecule has 1 aromatic rings. The summed E-state index contributed by atoms with van der Waals surface area (Å²) in [6.45, 7) is 1.65. The van der Waals surface area contributed by atoms with Crippen molar-refractivity contribution in [2.24, 2.45) is 0 Å². The summed E-state index contributed by atoms with van der Waals surface area (Å²) in [5.41, 5.74) is 0. The van der Waals surface area contributed by atoms with Crippen molar-refractivity contribution in [3.63, 3.8) is 0 Å². The van der Waals surface area contributed by atoms with Gasteiger partial charge >= 0.3 is 0 Å². The molecule has 1 aliphatic carbocycles. The molecule has 2 rings (SSSR count). The Balaban J connectivity index is 1.68. The van der Waals surface area contributed by atoms with E-state index in [2.05, 4.69) is 15.6 Å². The first-order valence-electron chi connectivity index (χ1n) is 5.12. The zero-order valence-electron chi connectivity index (χ0n) is 8.13. The van der Waals surface area contributed by atoms with E-state index < -0.39 is 0 Å². The summed E-state index contributed by atoms with van der Waals surface area (Å²) < 4.78 is 1.79. The minimum Gasteiger partial charge on any atom is -0.392 e. The van der Waals surface area contributed by atoms with E-state index in [1.807, 2.05) is 6.20 Å². The SMILES string of the molecule is O[C@@H]1CCC[C@H]1NCCn1ccnn1. The van der Waals surface area contributed by atoms with E-state index in [0.29, 0.717) is 0 Å². The summed E-state index contributed by atoms with van der Waals surface area (Å²) in [6.07, 6.45) is 6.49. The molecule has 0 spiro atoms. The van der Waals surface area contributed by atoms with Crippen molar-refractivity contribution in [2.75, 3.05) is 6.54 Å². The van der Waals surface area contributed by atoms with Crippen molar-refractivity contribution in [3.8, 4) is 0 Å². The van der Waals surface area contributed by atoms with Crippen molar-refractivity contribution < 1.29 is 5.11 Å². The van der Waals surface area contributed by atoms with E-state index in [1.54, 1.807) is 10.9 Å². The fourth-order valence-electron chi connectivity index (χ4n) is 1.90. The Morgan fingerprint density at radius 3 is 3.07 bits per heavy atom. The third-order valence-corrected chi connectivity index (χ3v) is 2.70. The highest BCUT2D eigenvalue weighted by Gasteiger charge is 2.23. The largest absolute Gasteiger partial charge is 0.392 e. The van der Waals surface area contributed by atoms with Crippen LogP contribution in [0.1, 0.15) is 19.3 Å². The van der Waals surface area contributed by atoms with Gasteiger partial charge in [0.2, 0.25) is 0 Å². The number of hydrogen-bond acceptors (Lipinski definition) is 4. The zero-order valence-corrected chi connectivity index (χ0v) is 8.13. The topological polar surface area (TPSA) is 63.0 Å². The lowest BCUT2D eigenvalue weighted by Gasteiger charge is -2.15. The normalized spacial score (nSPS) is 26.9. The van der Waals surface area contributed by atoms with E-state index in [4.69, 9.17) is 0 Å². The number of rotatable bonds is 4. The Labute approximate surface area is 83.1 Å². The van der Waals surface area contributed by atoms with Crippen molar-refractivity contribution >= 4 is 0 Å². The monoisotopic (exact) mass is 196 g/mol. The Morgan fingerprint density at radius 2 is 2.43 bits per heavy atom. The first-order valence-corrected chi connectivity index (χ1v) is 5.12. The van der Waals surface area contributed by atoms with Gasteiger partial charge in [-0.15, -0.1) is 5.10 Å². The van der Waals surface area contributed by atoms with Crippen LogP contribution in [-0.2, 0) is 6.54 Å². The van der Waals surface area contributed by atoms with Gasteiger partial charge in [-0.25, -0.2) is 0 Å². The van der Waals surface area contributed by atoms with Gasteiger partial charge in [0.05, 0.1) is 18.8 Å². The first kappa shape index (κ1) is 9.61. The molecule has 0 saturated heterocycles. The van der Waals surface area contributed by atoms with Crippen LogP contribution in [0.4, 0.5) is 0 Å². The zero-order chi connectivity index (χ0) is 9.80. The Bertz CT molecular complexity index is 262. The van der Waals surface area contributed by atoms with Crippen molar-refractivity contribution in [3.05, 3.63) is 12.4 Å². The van der Waals surface area contributed by atoms with Gasteiger partial charge in [0.25, 0.3) is 0 Å². The summed E-state index contributed by atoms with van der Waals surface area (Å²) >= 11 is 0. The molecule has 0 aromatic carbocycles. The van der Waals surface area contributed by atoms with Crippen LogP contribution < -0.4 is 5.32 Å². The fraction of sp³-hybridized carbons (Fsp3) is 0.778. The Hall–Kier alpha value is -0.940. The van der Waals surface area contributed by atoms with Crippen LogP contribution >= 0.6 is 0 Å². The van der Waals surface area contributed by atoms with Gasteiger partial charge in [0.1, 0.15) is 0 Å². The lowest BCUT2D eigenvalue weighted by molar-refractivity contribution is 0.148. The molecule has 1 fully saturated rings. The van der Waals surface area contributed by atoms with Gasteiger partial charge in [-0.3, -0.25) is 4.68 Å². The Morgan fingerprint density at radius 1 is 1.50 bits per heavy atom. The molecular weight excluding hydrogens is 180 g/mol.